The number of β-amino-alcohol motifs (C(OH)–C–C–N with tert-alkyl or cyclic N) is 1. The summed E-state index contributed by atoms with van der Waals surface area (Å²) in [6, 6.07) is 23.7. The summed E-state index contributed by atoms with van der Waals surface area (Å²) in [5, 5.41) is 82.1. The van der Waals surface area contributed by atoms with E-state index >= 15 is 0 Å². The van der Waals surface area contributed by atoms with Crippen LogP contribution in [0.15, 0.2) is 95.7 Å². The second-order valence-electron chi connectivity index (χ2n) is 20.4. The van der Waals surface area contributed by atoms with Crippen LogP contribution in [0.25, 0.3) is 0 Å². The van der Waals surface area contributed by atoms with Gasteiger partial charge in [-0.05, 0) is 105 Å². The molecule has 4 aliphatic rings. The van der Waals surface area contributed by atoms with Crippen LogP contribution in [0.2, 0.25) is 0 Å². The molecule has 3 fully saturated rings. The number of likely N-dealkylation sites (N-methyl/N-ethyl adjacent to an activating group) is 1. The topological polar surface area (TPSA) is 412 Å². The van der Waals surface area contributed by atoms with Gasteiger partial charge in [0.05, 0.1) is 63.9 Å². The number of aliphatic hydroxyl groups excluding tert-OH is 9. The van der Waals surface area contributed by atoms with Gasteiger partial charge in [-0.2, -0.15) is 0 Å². The Balaban J connectivity index is 0. The number of aliphatic imine (C=N–C) groups is 1. The molecule has 7 rings (SSSR count). The SMILES string of the molecule is CC(O)CN.CCC(C)(C)CO.C[C@H]([C@H](O)c1ccccc1)N(C)C(=O)CN.NC1(CO)CCCC1.NC1=NCC(O)=C1.NC1CCC(O)CC1.Nc1ccc(CO)cc1.Nc1cccc(CO)c1.OCCN1CCNCC1. The fourth-order valence-electron chi connectivity index (χ4n) is 6.79. The largest absolute Gasteiger partial charge is 0.510 e. The van der Waals surface area contributed by atoms with Crippen LogP contribution in [-0.4, -0.2) is 177 Å². The van der Waals surface area contributed by atoms with Crippen molar-refractivity contribution < 1.29 is 50.8 Å². The zero-order valence-electron chi connectivity index (χ0n) is 47.8. The van der Waals surface area contributed by atoms with E-state index in [4.69, 9.17) is 81.0 Å². The normalized spacial score (nSPS) is 18.2. The van der Waals surface area contributed by atoms with Crippen LogP contribution in [0, 0.1) is 5.41 Å². The van der Waals surface area contributed by atoms with Crippen molar-refractivity contribution in [2.75, 3.05) is 90.7 Å². The number of hydrogen-bond acceptors (Lipinski definition) is 20. The molecule has 1 saturated heterocycles. The molecule has 78 heavy (non-hydrogen) atoms. The number of nitrogen functional groups attached to an aromatic ring is 2. The van der Waals surface area contributed by atoms with Crippen molar-refractivity contribution in [1.29, 1.82) is 0 Å². The highest BCUT2D eigenvalue weighted by atomic mass is 16.3. The zero-order chi connectivity index (χ0) is 59.5. The summed E-state index contributed by atoms with van der Waals surface area (Å²) in [5.41, 5.74) is 41.4. The Bertz CT molecular complexity index is 1950. The van der Waals surface area contributed by atoms with Gasteiger partial charge in [0.1, 0.15) is 11.6 Å². The molecule has 3 atom stereocenters. The summed E-state index contributed by atoms with van der Waals surface area (Å²) in [5.74, 6) is 0.484. The number of nitrogens with two attached hydrogens (primary N) is 7. The Kier molecular flexibility index (Phi) is 43.4. The second-order valence-corrected chi connectivity index (χ2v) is 20.4. The first-order valence-corrected chi connectivity index (χ1v) is 27.1. The van der Waals surface area contributed by atoms with E-state index in [0.717, 1.165) is 100 Å². The number of hydrogen-bond donors (Lipinski definition) is 17. The van der Waals surface area contributed by atoms with Crippen LogP contribution in [0.5, 0.6) is 0 Å². The van der Waals surface area contributed by atoms with E-state index in [0.29, 0.717) is 43.9 Å². The first-order valence-electron chi connectivity index (χ1n) is 27.1. The summed E-state index contributed by atoms with van der Waals surface area (Å²) in [6.45, 7) is 16.3. The van der Waals surface area contributed by atoms with E-state index in [9.17, 15) is 9.90 Å². The first kappa shape index (κ1) is 75.3. The minimum Gasteiger partial charge on any atom is -0.510 e. The van der Waals surface area contributed by atoms with Gasteiger partial charge in [0, 0.05) is 82.0 Å². The number of nitrogens with zero attached hydrogens (tertiary/aromatic N) is 3. The van der Waals surface area contributed by atoms with Gasteiger partial charge in [0.25, 0.3) is 0 Å². The number of piperazine rings is 1. The van der Waals surface area contributed by atoms with Crippen LogP contribution >= 0.6 is 0 Å². The highest BCUT2D eigenvalue weighted by Crippen LogP contribution is 2.26. The summed E-state index contributed by atoms with van der Waals surface area (Å²) >= 11 is 0. The number of carbonyl (C=O) groups is 1. The molecule has 448 valence electrons. The number of aliphatic hydroxyl groups is 9. The van der Waals surface area contributed by atoms with Gasteiger partial charge in [0.15, 0.2) is 0 Å². The molecule has 3 aromatic rings. The molecule has 2 aliphatic heterocycles. The van der Waals surface area contributed by atoms with Crippen LogP contribution in [0.1, 0.15) is 115 Å². The maximum atomic E-state index is 11.4. The number of nitrogens with one attached hydrogen (secondary N) is 1. The Hall–Kier alpha value is -4.82. The van der Waals surface area contributed by atoms with Crippen molar-refractivity contribution >= 4 is 23.1 Å². The van der Waals surface area contributed by atoms with Gasteiger partial charge >= 0.3 is 0 Å². The van der Waals surface area contributed by atoms with Crippen LogP contribution < -0.4 is 45.5 Å². The van der Waals surface area contributed by atoms with E-state index in [1.54, 1.807) is 57.3 Å². The first-order chi connectivity index (χ1) is 36.9. The van der Waals surface area contributed by atoms with E-state index in [1.165, 1.54) is 23.8 Å². The molecule has 2 saturated carbocycles. The molecule has 0 bridgehead atoms. The molecular weight excluding hydrogens is 999 g/mol. The number of benzene rings is 3. The molecule has 21 nitrogen and oxygen atoms in total. The maximum absolute atomic E-state index is 11.4. The van der Waals surface area contributed by atoms with Crippen molar-refractivity contribution in [2.45, 2.75) is 142 Å². The van der Waals surface area contributed by atoms with Crippen LogP contribution in [0.4, 0.5) is 11.4 Å². The second kappa shape index (κ2) is 45.0. The van der Waals surface area contributed by atoms with Gasteiger partial charge in [0.2, 0.25) is 5.91 Å². The number of amides is 1. The van der Waals surface area contributed by atoms with Crippen molar-refractivity contribution in [1.82, 2.24) is 15.1 Å². The van der Waals surface area contributed by atoms with Crippen molar-refractivity contribution in [3.63, 3.8) is 0 Å². The predicted molar refractivity (Wildman–Crippen MR) is 317 cm³/mol. The monoisotopic (exact) mass is 1100 g/mol. The average Bonchev–Trinajstić information content (AvgIpc) is 4.08. The highest BCUT2D eigenvalue weighted by Gasteiger charge is 2.28. The Morgan fingerprint density at radius 3 is 1.73 bits per heavy atom. The van der Waals surface area contributed by atoms with Crippen molar-refractivity contribution in [2.24, 2.45) is 39.1 Å². The van der Waals surface area contributed by atoms with Gasteiger partial charge in [-0.3, -0.25) is 14.7 Å². The van der Waals surface area contributed by atoms with E-state index in [2.05, 4.69) is 22.1 Å². The average molecular weight is 1100 g/mol. The molecular formula is C57H105N11O10. The van der Waals surface area contributed by atoms with Gasteiger partial charge in [-0.1, -0.05) is 88.2 Å². The van der Waals surface area contributed by atoms with Crippen molar-refractivity contribution in [3.05, 3.63) is 107 Å². The smallest absolute Gasteiger partial charge is 0.236 e. The van der Waals surface area contributed by atoms with E-state index in [-0.39, 0.29) is 67.2 Å². The van der Waals surface area contributed by atoms with Gasteiger partial charge in [-0.15, -0.1) is 0 Å². The zero-order valence-corrected chi connectivity index (χ0v) is 47.8. The van der Waals surface area contributed by atoms with Gasteiger partial charge in [-0.25, -0.2) is 0 Å². The molecule has 1 amide bonds. The highest BCUT2D eigenvalue weighted by molar-refractivity contribution is 5.93. The standard InChI is InChI=1S/C12H18N2O2.2C7H9NO.C6H14N2O.2C6H13NO.C6H14O.C4H6N2O.C3H9NO/c1-9(14(2)11(15)8-13)12(16)10-6-4-3-5-7-10;8-7-3-1-6(5-9)2-4-7;8-7-3-1-2-6(4-7)5-9;9-6-5-8-3-1-7-2-4-8;7-5-1-3-6(8)4-2-5;7-6(5-8)3-1-2-4-6;1-4-6(2,3)5-7;5-4-1-3(7)2-6-4;1-3(5)2-4/h3-7,9,12,16H,8,13H2,1-2H3;2*1-4,9H,5,8H2;7,9H,1-6H2;5-6,8H,1-4,7H2;8H,1-5,7H2;7H,4-5H2,1-3H3;1,7H,2H2,(H2,5,6);3,5H,2,4H2,1H3/t9-,12+;;;;;;;;/m1......../s1. The molecule has 24 N–H and O–H groups in total. The maximum Gasteiger partial charge on any atom is 0.236 e. The lowest BCUT2D eigenvalue weighted by Gasteiger charge is -2.28. The quantitative estimate of drug-likeness (QED) is 0.115. The van der Waals surface area contributed by atoms with E-state index < -0.39 is 6.10 Å². The molecule has 0 spiro atoms. The third-order valence-electron chi connectivity index (χ3n) is 12.8. The number of rotatable bonds is 12. The lowest BCUT2D eigenvalue weighted by atomic mass is 9.92. The van der Waals surface area contributed by atoms with Crippen LogP contribution in [-0.2, 0) is 18.0 Å². The molecule has 2 heterocycles. The fourth-order valence-corrected chi connectivity index (χ4v) is 6.79. The lowest BCUT2D eigenvalue weighted by Crippen LogP contribution is -2.44. The third-order valence-corrected chi connectivity index (χ3v) is 12.8. The van der Waals surface area contributed by atoms with Crippen molar-refractivity contribution in [3.8, 4) is 0 Å². The fraction of sp³-hybridized carbons (Fsp3) is 0.614. The number of anilines is 2. The Morgan fingerprint density at radius 1 is 0.833 bits per heavy atom. The minimum atomic E-state index is -0.693. The molecule has 0 radical (unpaired) electrons. The Labute approximate surface area is 466 Å². The number of carbonyl (C=O) groups excluding carboxylic acids is 1. The predicted octanol–water partition coefficient (Wildman–Crippen LogP) is 1.97. The Morgan fingerprint density at radius 2 is 1.38 bits per heavy atom. The van der Waals surface area contributed by atoms with Crippen LogP contribution in [0.3, 0.4) is 0 Å². The molecule has 2 aliphatic carbocycles. The molecule has 1 unspecified atom stereocenters. The number of amidine groups is 1. The summed E-state index contributed by atoms with van der Waals surface area (Å²) in [7, 11) is 1.64. The summed E-state index contributed by atoms with van der Waals surface area (Å²) in [6.07, 6.45) is 9.60. The minimum absolute atomic E-state index is 0.0393. The summed E-state index contributed by atoms with van der Waals surface area (Å²) in [4.78, 5) is 18.8. The van der Waals surface area contributed by atoms with Gasteiger partial charge < -0.3 is 96.3 Å². The molecule has 21 heteroatoms. The lowest BCUT2D eigenvalue weighted by molar-refractivity contribution is -0.132. The summed E-state index contributed by atoms with van der Waals surface area (Å²) < 4.78 is 0. The van der Waals surface area contributed by atoms with E-state index in [1.807, 2.05) is 56.3 Å². The molecule has 3 aromatic carbocycles. The molecule has 0 aromatic heterocycles. The third kappa shape index (κ3) is 38.7.